The average molecular weight is 556 g/mol. The summed E-state index contributed by atoms with van der Waals surface area (Å²) < 4.78 is 5.58. The average Bonchev–Trinajstić information content (AvgIpc) is 2.86. The van der Waals surface area contributed by atoms with Crippen LogP contribution in [0.3, 0.4) is 0 Å². The smallest absolute Gasteiger partial charge is 0.305 e. The number of phenols is 1. The number of aliphatic hydroxyl groups is 3. The van der Waals surface area contributed by atoms with Crippen LogP contribution in [0.25, 0.3) is 5.57 Å². The number of amides is 2. The molecule has 0 unspecified atom stereocenters. The van der Waals surface area contributed by atoms with Gasteiger partial charge in [-0.15, -0.1) is 0 Å². The first-order chi connectivity index (χ1) is 18.7. The second-order valence-electron chi connectivity index (χ2n) is 10.2. The van der Waals surface area contributed by atoms with Crippen molar-refractivity contribution in [2.24, 2.45) is 17.6 Å². The number of nitrogens with zero attached hydrogens (tertiary/aromatic N) is 1. The van der Waals surface area contributed by atoms with Crippen LogP contribution in [-0.4, -0.2) is 87.0 Å². The maximum Gasteiger partial charge on any atom is 0.305 e. The number of likely N-dealkylation sites (N-methyl/N-ethyl adjacent to an activating group) is 1. The standard InChI is InChI=1S/C27H29N3O10/c1-5-16(33)40-23-12-8-14(31)19(26(28)38)24(36)27(12,39)25(37)20-17(23)10(2)11-6-7-13(21(34)18(11)22(20)35)29-15(32)9-30(3)4/h6-7,12,17,23,31,34,37,39H,2,5,8-9H2,1,3-4H3,(H2,28,38)(H,29,32)/t12-,17-,23-,27-/m1/s1. The molecule has 3 aliphatic rings. The number of aromatic hydroxyl groups is 1. The Hall–Kier alpha value is -4.49. The molecule has 0 bridgehead atoms. The highest BCUT2D eigenvalue weighted by Gasteiger charge is 2.65. The highest BCUT2D eigenvalue weighted by Crippen LogP contribution is 2.55. The summed E-state index contributed by atoms with van der Waals surface area (Å²) in [6.07, 6.45) is -2.24. The molecular formula is C27H29N3O10. The lowest BCUT2D eigenvalue weighted by Crippen LogP contribution is -2.62. The predicted molar refractivity (Wildman–Crippen MR) is 139 cm³/mol. The summed E-state index contributed by atoms with van der Waals surface area (Å²) in [6, 6.07) is 2.75. The van der Waals surface area contributed by atoms with Crippen molar-refractivity contribution in [1.29, 1.82) is 0 Å². The number of esters is 1. The zero-order valence-corrected chi connectivity index (χ0v) is 22.0. The summed E-state index contributed by atoms with van der Waals surface area (Å²) in [7, 11) is 3.31. The zero-order chi connectivity index (χ0) is 29.8. The van der Waals surface area contributed by atoms with Gasteiger partial charge in [0.05, 0.1) is 29.3 Å². The molecule has 1 aromatic rings. The molecule has 40 heavy (non-hydrogen) atoms. The molecule has 212 valence electrons. The Balaban J connectivity index is 1.95. The van der Waals surface area contributed by atoms with Crippen molar-refractivity contribution in [3.63, 3.8) is 0 Å². The van der Waals surface area contributed by atoms with Gasteiger partial charge in [0.25, 0.3) is 5.91 Å². The van der Waals surface area contributed by atoms with Gasteiger partial charge in [-0.1, -0.05) is 19.6 Å². The fraction of sp³-hybridized carbons (Fsp3) is 0.370. The van der Waals surface area contributed by atoms with E-state index in [9.17, 15) is 44.4 Å². The van der Waals surface area contributed by atoms with Gasteiger partial charge in [0.15, 0.2) is 17.1 Å². The van der Waals surface area contributed by atoms with E-state index in [1.54, 1.807) is 19.0 Å². The van der Waals surface area contributed by atoms with Gasteiger partial charge in [0.2, 0.25) is 11.7 Å². The third-order valence-electron chi connectivity index (χ3n) is 7.37. The number of nitrogens with one attached hydrogen (secondary N) is 1. The lowest BCUT2D eigenvalue weighted by Gasteiger charge is -2.49. The van der Waals surface area contributed by atoms with Crippen LogP contribution in [0.2, 0.25) is 0 Å². The van der Waals surface area contributed by atoms with Crippen molar-refractivity contribution >= 4 is 40.6 Å². The van der Waals surface area contributed by atoms with Gasteiger partial charge in [-0.2, -0.15) is 0 Å². The third kappa shape index (κ3) is 4.14. The highest BCUT2D eigenvalue weighted by molar-refractivity contribution is 6.25. The Morgan fingerprint density at radius 3 is 2.42 bits per heavy atom. The molecule has 0 heterocycles. The minimum Gasteiger partial charge on any atom is -0.511 e. The summed E-state index contributed by atoms with van der Waals surface area (Å²) >= 11 is 0. The van der Waals surface area contributed by atoms with E-state index in [-0.39, 0.29) is 35.4 Å². The third-order valence-corrected chi connectivity index (χ3v) is 7.37. The van der Waals surface area contributed by atoms with Crippen molar-refractivity contribution in [3.8, 4) is 5.75 Å². The zero-order valence-electron chi connectivity index (χ0n) is 22.0. The van der Waals surface area contributed by atoms with Crippen LogP contribution in [0.1, 0.15) is 35.7 Å². The van der Waals surface area contributed by atoms with Crippen molar-refractivity contribution < 1.29 is 49.1 Å². The van der Waals surface area contributed by atoms with Crippen LogP contribution in [0, 0.1) is 11.8 Å². The van der Waals surface area contributed by atoms with Crippen LogP contribution in [-0.2, 0) is 23.9 Å². The first kappa shape index (κ1) is 28.5. The lowest BCUT2D eigenvalue weighted by atomic mass is 9.57. The molecule has 0 radical (unpaired) electrons. The quantitative estimate of drug-likeness (QED) is 0.161. The number of ketones is 2. The number of carbonyl (C=O) groups excluding carboxylic acids is 5. The number of aliphatic hydroxyl groups excluding tert-OH is 2. The van der Waals surface area contributed by atoms with E-state index in [4.69, 9.17) is 10.5 Å². The van der Waals surface area contributed by atoms with Gasteiger partial charge in [0, 0.05) is 18.8 Å². The number of hydrogen-bond donors (Lipinski definition) is 6. The monoisotopic (exact) mass is 555 g/mol. The van der Waals surface area contributed by atoms with E-state index in [1.165, 1.54) is 19.1 Å². The second-order valence-corrected chi connectivity index (χ2v) is 10.2. The molecule has 0 fully saturated rings. The maximum atomic E-state index is 13.9. The molecule has 13 nitrogen and oxygen atoms in total. The molecule has 2 amide bonds. The number of nitrogens with two attached hydrogens (primary N) is 1. The second kappa shape index (κ2) is 9.92. The normalized spacial score (nSPS) is 25.8. The molecule has 4 rings (SSSR count). The number of ether oxygens (including phenoxy) is 1. The highest BCUT2D eigenvalue weighted by atomic mass is 16.5. The first-order valence-corrected chi connectivity index (χ1v) is 12.3. The van der Waals surface area contributed by atoms with Crippen molar-refractivity contribution in [3.05, 3.63) is 52.5 Å². The summed E-state index contributed by atoms with van der Waals surface area (Å²) in [5, 5.41) is 46.9. The van der Waals surface area contributed by atoms with E-state index >= 15 is 0 Å². The number of primary amides is 1. The number of carbonyl (C=O) groups is 5. The van der Waals surface area contributed by atoms with E-state index in [2.05, 4.69) is 11.9 Å². The molecule has 3 aliphatic carbocycles. The maximum absolute atomic E-state index is 13.9. The largest absolute Gasteiger partial charge is 0.511 e. The topological polar surface area (TPSA) is 217 Å². The van der Waals surface area contributed by atoms with E-state index in [0.29, 0.717) is 0 Å². The summed E-state index contributed by atoms with van der Waals surface area (Å²) in [4.78, 5) is 65.5. The molecule has 0 spiro atoms. The molecule has 0 aliphatic heterocycles. The number of rotatable bonds is 6. The Kier molecular flexibility index (Phi) is 7.07. The molecule has 4 atom stereocenters. The number of fused-ring (bicyclic) bond motifs is 3. The van der Waals surface area contributed by atoms with Crippen LogP contribution in [0.5, 0.6) is 5.75 Å². The molecule has 0 saturated heterocycles. The fourth-order valence-corrected chi connectivity index (χ4v) is 5.56. The van der Waals surface area contributed by atoms with E-state index in [0.717, 1.165) is 0 Å². The Morgan fingerprint density at radius 2 is 1.85 bits per heavy atom. The molecular weight excluding hydrogens is 526 g/mol. The lowest BCUT2D eigenvalue weighted by molar-refractivity contribution is -0.171. The number of allylic oxidation sites excluding steroid dienone is 1. The SMILES string of the molecule is C=C1c2ccc(NC(=O)CN(C)C)c(O)c2C(=O)C2=C(O)[C@]3(O)C(=O)C(C(N)=O)=C(O)C[C@@H]3[C@@H](OC(=O)CC)[C@H]12. The number of hydrogen-bond acceptors (Lipinski definition) is 11. The van der Waals surface area contributed by atoms with E-state index < -0.39 is 87.7 Å². The van der Waals surface area contributed by atoms with Crippen LogP contribution in [0.15, 0.2) is 41.4 Å². The Labute approximate surface area is 228 Å². The van der Waals surface area contributed by atoms with Gasteiger partial charge >= 0.3 is 5.97 Å². The summed E-state index contributed by atoms with van der Waals surface area (Å²) in [6.45, 7) is 5.45. The molecule has 7 N–H and O–H groups in total. The van der Waals surface area contributed by atoms with Crippen LogP contribution < -0.4 is 11.1 Å². The summed E-state index contributed by atoms with van der Waals surface area (Å²) in [5.74, 6) is -10.6. The fourth-order valence-electron chi connectivity index (χ4n) is 5.56. The van der Waals surface area contributed by atoms with Crippen LogP contribution in [0.4, 0.5) is 5.69 Å². The first-order valence-electron chi connectivity index (χ1n) is 12.3. The number of anilines is 1. The molecule has 1 aromatic carbocycles. The minimum absolute atomic E-state index is 0.0330. The van der Waals surface area contributed by atoms with Gasteiger partial charge in [-0.3, -0.25) is 24.0 Å². The van der Waals surface area contributed by atoms with Gasteiger partial charge in [0.1, 0.15) is 23.2 Å². The van der Waals surface area contributed by atoms with Crippen molar-refractivity contribution in [2.45, 2.75) is 31.5 Å². The van der Waals surface area contributed by atoms with Crippen LogP contribution >= 0.6 is 0 Å². The van der Waals surface area contributed by atoms with Crippen molar-refractivity contribution in [1.82, 2.24) is 4.90 Å². The Bertz CT molecular complexity index is 1460. The molecule has 13 heteroatoms. The minimum atomic E-state index is -2.98. The summed E-state index contributed by atoms with van der Waals surface area (Å²) in [5.41, 5.74) is 0.373. The predicted octanol–water partition coefficient (Wildman–Crippen LogP) is 0.483. The van der Waals surface area contributed by atoms with Crippen molar-refractivity contribution in [2.75, 3.05) is 26.0 Å². The number of Topliss-reactive ketones (excluding diaryl/α,β-unsaturated/α-hetero) is 2. The van der Waals surface area contributed by atoms with Gasteiger partial charge < -0.3 is 41.1 Å². The van der Waals surface area contributed by atoms with Gasteiger partial charge in [-0.25, -0.2) is 0 Å². The van der Waals surface area contributed by atoms with Gasteiger partial charge in [-0.05, 0) is 31.3 Å². The number of benzene rings is 1. The van der Waals surface area contributed by atoms with E-state index in [1.807, 2.05) is 0 Å². The Morgan fingerprint density at radius 1 is 1.20 bits per heavy atom. The molecule has 0 saturated carbocycles. The molecule has 0 aromatic heterocycles. The number of phenolic OH excluding ortho intramolecular Hbond substituents is 1.